The molecule has 0 N–H and O–H groups in total. The molecule has 35 heavy (non-hydrogen) atoms. The number of likely N-dealkylation sites (tertiary alicyclic amines) is 1. The van der Waals surface area contributed by atoms with Crippen molar-refractivity contribution in [3.8, 4) is 11.1 Å². The van der Waals surface area contributed by atoms with Crippen LogP contribution in [0.5, 0.6) is 0 Å². The number of amides is 2. The van der Waals surface area contributed by atoms with Gasteiger partial charge in [-0.15, -0.1) is 11.3 Å². The molecule has 3 aromatic rings. The highest BCUT2D eigenvalue weighted by molar-refractivity contribution is 7.11. The van der Waals surface area contributed by atoms with E-state index in [-0.39, 0.29) is 17.9 Å². The van der Waals surface area contributed by atoms with E-state index >= 15 is 0 Å². The van der Waals surface area contributed by atoms with Gasteiger partial charge in [0.2, 0.25) is 0 Å². The predicted molar refractivity (Wildman–Crippen MR) is 126 cm³/mol. The van der Waals surface area contributed by atoms with Gasteiger partial charge in [-0.25, -0.2) is 4.98 Å². The van der Waals surface area contributed by atoms with Crippen LogP contribution in [0.4, 0.5) is 13.2 Å². The van der Waals surface area contributed by atoms with Crippen LogP contribution in [0.2, 0.25) is 0 Å². The zero-order chi connectivity index (χ0) is 24.6. The standard InChI is InChI=1S/C25H23F3N4O2S/c26-25(27,28)20-6-4-17(5-7-20)18-2-1-3-19(14-18)23(33)32-15-21(16-32)30-9-11-31(12-10-30)24(34)22-29-8-13-35-22/h1-8,13-14,21H,9-12,15-16H2. The van der Waals surface area contributed by atoms with E-state index in [4.69, 9.17) is 0 Å². The van der Waals surface area contributed by atoms with Crippen molar-refractivity contribution in [1.82, 2.24) is 19.7 Å². The third-order valence-electron chi connectivity index (χ3n) is 6.54. The number of benzene rings is 2. The average molecular weight is 501 g/mol. The van der Waals surface area contributed by atoms with Gasteiger partial charge in [-0.2, -0.15) is 13.2 Å². The van der Waals surface area contributed by atoms with Gasteiger partial charge in [0.25, 0.3) is 11.8 Å². The van der Waals surface area contributed by atoms with Gasteiger partial charge in [-0.05, 0) is 35.4 Å². The molecule has 6 nitrogen and oxygen atoms in total. The molecule has 2 saturated heterocycles. The number of alkyl halides is 3. The summed E-state index contributed by atoms with van der Waals surface area (Å²) < 4.78 is 38.5. The molecule has 0 spiro atoms. The lowest BCUT2D eigenvalue weighted by Gasteiger charge is -2.48. The molecule has 5 rings (SSSR count). The summed E-state index contributed by atoms with van der Waals surface area (Å²) in [7, 11) is 0. The topological polar surface area (TPSA) is 56.8 Å². The minimum atomic E-state index is -4.38. The Hall–Kier alpha value is -3.24. The van der Waals surface area contributed by atoms with Crippen LogP contribution >= 0.6 is 11.3 Å². The van der Waals surface area contributed by atoms with E-state index in [1.54, 1.807) is 40.7 Å². The second kappa shape index (κ2) is 9.43. The van der Waals surface area contributed by atoms with E-state index < -0.39 is 11.7 Å². The van der Waals surface area contributed by atoms with Gasteiger partial charge in [0, 0.05) is 62.5 Å². The van der Waals surface area contributed by atoms with Crippen LogP contribution in [0.15, 0.2) is 60.1 Å². The first-order valence-corrected chi connectivity index (χ1v) is 12.2. The van der Waals surface area contributed by atoms with Crippen LogP contribution in [0.3, 0.4) is 0 Å². The number of hydrogen-bond acceptors (Lipinski definition) is 5. The summed E-state index contributed by atoms with van der Waals surface area (Å²) in [6, 6.07) is 12.2. The highest BCUT2D eigenvalue weighted by atomic mass is 32.1. The number of hydrogen-bond donors (Lipinski definition) is 0. The van der Waals surface area contributed by atoms with Crippen molar-refractivity contribution in [1.29, 1.82) is 0 Å². The van der Waals surface area contributed by atoms with Crippen LogP contribution in [-0.4, -0.2) is 76.8 Å². The number of aromatic nitrogens is 1. The minimum Gasteiger partial charge on any atom is -0.335 e. The van der Waals surface area contributed by atoms with Crippen LogP contribution in [0.25, 0.3) is 11.1 Å². The van der Waals surface area contributed by atoms with Gasteiger partial charge in [0.15, 0.2) is 5.01 Å². The van der Waals surface area contributed by atoms with E-state index in [0.29, 0.717) is 47.9 Å². The SMILES string of the molecule is O=C(c1cccc(-c2ccc(C(F)(F)F)cc2)c1)N1CC(N2CCN(C(=O)c3nccs3)CC2)C1. The normalized spacial score (nSPS) is 17.3. The Morgan fingerprint density at radius 1 is 0.886 bits per heavy atom. The molecule has 0 aliphatic carbocycles. The number of carbonyl (C=O) groups excluding carboxylic acids is 2. The van der Waals surface area contributed by atoms with Gasteiger partial charge >= 0.3 is 6.18 Å². The lowest BCUT2D eigenvalue weighted by Crippen LogP contribution is -2.64. The molecular formula is C25H23F3N4O2S. The summed E-state index contributed by atoms with van der Waals surface area (Å²) in [5.74, 6) is -0.120. The Balaban J connectivity index is 1.16. The van der Waals surface area contributed by atoms with Crippen molar-refractivity contribution >= 4 is 23.2 Å². The second-order valence-corrected chi connectivity index (χ2v) is 9.58. The first-order valence-electron chi connectivity index (χ1n) is 11.3. The summed E-state index contributed by atoms with van der Waals surface area (Å²) in [6.07, 6.45) is -2.75. The van der Waals surface area contributed by atoms with E-state index in [2.05, 4.69) is 9.88 Å². The highest BCUT2D eigenvalue weighted by Gasteiger charge is 2.37. The highest BCUT2D eigenvalue weighted by Crippen LogP contribution is 2.31. The summed E-state index contributed by atoms with van der Waals surface area (Å²) in [5.41, 5.74) is 1.13. The molecule has 0 radical (unpaired) electrons. The Bertz CT molecular complexity index is 1200. The smallest absolute Gasteiger partial charge is 0.335 e. The lowest BCUT2D eigenvalue weighted by molar-refractivity contribution is -0.137. The van der Waals surface area contributed by atoms with Crippen molar-refractivity contribution in [3.05, 3.63) is 76.2 Å². The van der Waals surface area contributed by atoms with E-state index in [9.17, 15) is 22.8 Å². The molecule has 0 atom stereocenters. The monoisotopic (exact) mass is 500 g/mol. The first-order chi connectivity index (χ1) is 16.8. The Kier molecular flexibility index (Phi) is 6.33. The Morgan fingerprint density at radius 2 is 1.60 bits per heavy atom. The number of piperazine rings is 1. The first kappa shape index (κ1) is 23.5. The predicted octanol–water partition coefficient (Wildman–Crippen LogP) is 4.11. The van der Waals surface area contributed by atoms with Gasteiger partial charge in [0.05, 0.1) is 5.56 Å². The number of halogens is 3. The maximum Gasteiger partial charge on any atom is 0.416 e. The number of thiazole rings is 1. The van der Waals surface area contributed by atoms with Crippen molar-refractivity contribution in [3.63, 3.8) is 0 Å². The molecule has 0 unspecified atom stereocenters. The van der Waals surface area contributed by atoms with Crippen LogP contribution in [0.1, 0.15) is 25.7 Å². The molecule has 2 amide bonds. The Labute approximate surface area is 204 Å². The van der Waals surface area contributed by atoms with Gasteiger partial charge in [0.1, 0.15) is 0 Å². The largest absolute Gasteiger partial charge is 0.416 e. The minimum absolute atomic E-state index is 0.0296. The molecule has 182 valence electrons. The van der Waals surface area contributed by atoms with Gasteiger partial charge in [-0.1, -0.05) is 24.3 Å². The molecule has 2 aliphatic heterocycles. The number of carbonyl (C=O) groups is 2. The summed E-state index contributed by atoms with van der Waals surface area (Å²) >= 11 is 1.34. The van der Waals surface area contributed by atoms with Crippen LogP contribution in [0, 0.1) is 0 Å². The maximum absolute atomic E-state index is 13.0. The quantitative estimate of drug-likeness (QED) is 0.541. The molecule has 2 aromatic carbocycles. The Morgan fingerprint density at radius 3 is 2.23 bits per heavy atom. The second-order valence-electron chi connectivity index (χ2n) is 8.69. The molecule has 1 aromatic heterocycles. The molecule has 0 saturated carbocycles. The third-order valence-corrected chi connectivity index (χ3v) is 7.30. The fourth-order valence-corrected chi connectivity index (χ4v) is 5.07. The fourth-order valence-electron chi connectivity index (χ4n) is 4.47. The molecule has 2 fully saturated rings. The zero-order valence-electron chi connectivity index (χ0n) is 18.7. The van der Waals surface area contributed by atoms with Crippen LogP contribution in [-0.2, 0) is 6.18 Å². The fraction of sp³-hybridized carbons (Fsp3) is 0.320. The zero-order valence-corrected chi connectivity index (χ0v) is 19.6. The number of nitrogens with zero attached hydrogens (tertiary/aromatic N) is 4. The molecule has 3 heterocycles. The summed E-state index contributed by atoms with van der Waals surface area (Å²) in [5, 5.41) is 2.31. The van der Waals surface area contributed by atoms with E-state index in [1.807, 2.05) is 4.90 Å². The third kappa shape index (κ3) is 4.94. The maximum atomic E-state index is 13.0. The molecule has 2 aliphatic rings. The number of rotatable bonds is 4. The van der Waals surface area contributed by atoms with Gasteiger partial charge in [-0.3, -0.25) is 14.5 Å². The van der Waals surface area contributed by atoms with Gasteiger partial charge < -0.3 is 9.80 Å². The summed E-state index contributed by atoms with van der Waals surface area (Å²) in [4.78, 5) is 35.5. The van der Waals surface area contributed by atoms with Crippen molar-refractivity contribution in [2.24, 2.45) is 0 Å². The van der Waals surface area contributed by atoms with Crippen molar-refractivity contribution in [2.75, 3.05) is 39.3 Å². The van der Waals surface area contributed by atoms with Crippen molar-refractivity contribution in [2.45, 2.75) is 12.2 Å². The molecular weight excluding hydrogens is 477 g/mol. The summed E-state index contributed by atoms with van der Waals surface area (Å²) in [6.45, 7) is 4.02. The van der Waals surface area contributed by atoms with Crippen LogP contribution < -0.4 is 0 Å². The van der Waals surface area contributed by atoms with Crippen molar-refractivity contribution < 1.29 is 22.8 Å². The van der Waals surface area contributed by atoms with E-state index in [1.165, 1.54) is 23.5 Å². The average Bonchev–Trinajstić information content (AvgIpc) is 3.38. The molecule has 0 bridgehead atoms. The lowest BCUT2D eigenvalue weighted by atomic mass is 9.99. The van der Waals surface area contributed by atoms with E-state index in [0.717, 1.165) is 25.2 Å². The molecule has 10 heteroatoms.